The Morgan fingerprint density at radius 3 is 2.48 bits per heavy atom. The second-order valence-corrected chi connectivity index (χ2v) is 9.43. The molecular formula is C24H38N4O4S. The van der Waals surface area contributed by atoms with Crippen molar-refractivity contribution < 1.29 is 19.5 Å². The van der Waals surface area contributed by atoms with E-state index in [9.17, 15) is 19.5 Å². The van der Waals surface area contributed by atoms with Gasteiger partial charge in [0.05, 0.1) is 6.04 Å². The van der Waals surface area contributed by atoms with Crippen LogP contribution in [-0.4, -0.2) is 64.3 Å². The molecule has 8 nitrogen and oxygen atoms in total. The molecule has 3 unspecified atom stereocenters. The number of carbonyl (C=O) groups is 3. The first kappa shape index (κ1) is 27.1. The Kier molecular flexibility index (Phi) is 10.7. The van der Waals surface area contributed by atoms with Gasteiger partial charge in [-0.3, -0.25) is 9.59 Å². The highest BCUT2D eigenvalue weighted by molar-refractivity contribution is 7.80. The predicted octanol–water partition coefficient (Wildman–Crippen LogP) is 1.57. The van der Waals surface area contributed by atoms with Crippen LogP contribution in [0.15, 0.2) is 24.3 Å². The van der Waals surface area contributed by atoms with Gasteiger partial charge in [-0.15, -0.1) is 0 Å². The van der Waals surface area contributed by atoms with Crippen molar-refractivity contribution in [3.05, 3.63) is 35.4 Å². The monoisotopic (exact) mass is 478 g/mol. The van der Waals surface area contributed by atoms with E-state index in [-0.39, 0.29) is 17.9 Å². The minimum atomic E-state index is -1.06. The number of carboxylic acids is 1. The molecule has 0 saturated heterocycles. The van der Waals surface area contributed by atoms with Crippen LogP contribution >= 0.6 is 12.6 Å². The van der Waals surface area contributed by atoms with E-state index in [1.165, 1.54) is 0 Å². The maximum absolute atomic E-state index is 13.7. The van der Waals surface area contributed by atoms with Gasteiger partial charge in [-0.2, -0.15) is 12.6 Å². The number of rotatable bonds is 12. The summed E-state index contributed by atoms with van der Waals surface area (Å²) < 4.78 is 0. The summed E-state index contributed by atoms with van der Waals surface area (Å²) in [7, 11) is 0. The molecule has 0 aliphatic carbocycles. The number of carboxylic acid groups (broad SMARTS) is 1. The van der Waals surface area contributed by atoms with Crippen molar-refractivity contribution in [2.45, 2.75) is 77.2 Å². The number of nitrogens with zero attached hydrogens (tertiary/aromatic N) is 1. The molecule has 1 heterocycles. The second kappa shape index (κ2) is 13.0. The van der Waals surface area contributed by atoms with Crippen LogP contribution in [0.4, 0.5) is 0 Å². The van der Waals surface area contributed by atoms with Gasteiger partial charge in [0.15, 0.2) is 0 Å². The van der Waals surface area contributed by atoms with Gasteiger partial charge in [0.25, 0.3) is 0 Å². The maximum Gasteiger partial charge on any atom is 0.326 e. The number of nitrogens with one attached hydrogen (secondary N) is 2. The Hall–Kier alpha value is -2.10. The highest BCUT2D eigenvalue weighted by atomic mass is 32.1. The largest absolute Gasteiger partial charge is 0.480 e. The van der Waals surface area contributed by atoms with Crippen molar-refractivity contribution >= 4 is 30.4 Å². The number of thiol groups is 1. The Morgan fingerprint density at radius 1 is 1.24 bits per heavy atom. The topological polar surface area (TPSA) is 125 Å². The number of hydrogen-bond acceptors (Lipinski definition) is 6. The van der Waals surface area contributed by atoms with E-state index in [1.54, 1.807) is 4.90 Å². The standard InChI is InChI=1S/C24H38N4O4S/c1-4-5-10-19(24(31)32)27-22(29)20-11-16-8-6-7-9-17(16)13-28(20)23(30)21(15(2)3)26-12-18(25)14-33/h6-9,15,18-21,26,33H,4-5,10-14,25H2,1-3H3,(H,27,29)(H,31,32)/t18?,19?,20?,21-/m0/s1. The summed E-state index contributed by atoms with van der Waals surface area (Å²) >= 11 is 4.21. The van der Waals surface area contributed by atoms with Gasteiger partial charge in [0.1, 0.15) is 12.1 Å². The molecule has 33 heavy (non-hydrogen) atoms. The van der Waals surface area contributed by atoms with Gasteiger partial charge < -0.3 is 26.4 Å². The van der Waals surface area contributed by atoms with Crippen LogP contribution in [0.5, 0.6) is 0 Å². The summed E-state index contributed by atoms with van der Waals surface area (Å²) in [5.41, 5.74) is 7.96. The molecule has 1 aliphatic heterocycles. The lowest BCUT2D eigenvalue weighted by Crippen LogP contribution is -2.60. The average Bonchev–Trinajstić information content (AvgIpc) is 2.79. The molecule has 9 heteroatoms. The first-order valence-electron chi connectivity index (χ1n) is 11.7. The van der Waals surface area contributed by atoms with Crippen molar-refractivity contribution in [3.8, 4) is 0 Å². The molecule has 0 radical (unpaired) electrons. The number of hydrogen-bond donors (Lipinski definition) is 5. The summed E-state index contributed by atoms with van der Waals surface area (Å²) in [6.07, 6.45) is 2.22. The number of benzene rings is 1. The normalized spacial score (nSPS) is 18.4. The van der Waals surface area contributed by atoms with Crippen molar-refractivity contribution in [1.29, 1.82) is 0 Å². The lowest BCUT2D eigenvalue weighted by atomic mass is 9.91. The number of amides is 2. The van der Waals surface area contributed by atoms with Gasteiger partial charge >= 0.3 is 5.97 Å². The Morgan fingerprint density at radius 2 is 1.91 bits per heavy atom. The zero-order chi connectivity index (χ0) is 24.5. The fraction of sp³-hybridized carbons (Fsp3) is 0.625. The van der Waals surface area contributed by atoms with E-state index in [4.69, 9.17) is 5.73 Å². The minimum Gasteiger partial charge on any atom is -0.480 e. The molecule has 0 saturated carbocycles. The molecule has 2 amide bonds. The van der Waals surface area contributed by atoms with Gasteiger partial charge in [-0.1, -0.05) is 57.9 Å². The number of carbonyl (C=O) groups excluding carboxylic acids is 2. The maximum atomic E-state index is 13.7. The summed E-state index contributed by atoms with van der Waals surface area (Å²) in [6.45, 7) is 6.58. The van der Waals surface area contributed by atoms with Gasteiger partial charge in [-0.05, 0) is 23.5 Å². The molecule has 1 aliphatic rings. The van der Waals surface area contributed by atoms with Crippen LogP contribution in [0.1, 0.15) is 51.2 Å². The van der Waals surface area contributed by atoms with Crippen LogP contribution in [0.3, 0.4) is 0 Å². The molecule has 4 atom stereocenters. The van der Waals surface area contributed by atoms with Crippen LogP contribution in [0.25, 0.3) is 0 Å². The first-order valence-corrected chi connectivity index (χ1v) is 12.3. The van der Waals surface area contributed by atoms with Crippen LogP contribution < -0.4 is 16.4 Å². The van der Waals surface area contributed by atoms with E-state index in [0.717, 1.165) is 17.5 Å². The van der Waals surface area contributed by atoms with E-state index < -0.39 is 30.0 Å². The Bertz CT molecular complexity index is 819. The Labute approximate surface area is 202 Å². The molecule has 0 aromatic heterocycles. The highest BCUT2D eigenvalue weighted by Crippen LogP contribution is 2.25. The van der Waals surface area contributed by atoms with Crippen LogP contribution in [-0.2, 0) is 27.3 Å². The van der Waals surface area contributed by atoms with E-state index in [0.29, 0.717) is 38.1 Å². The number of fused-ring (bicyclic) bond motifs is 1. The van der Waals surface area contributed by atoms with E-state index in [1.807, 2.05) is 45.0 Å². The molecule has 0 spiro atoms. The van der Waals surface area contributed by atoms with E-state index >= 15 is 0 Å². The van der Waals surface area contributed by atoms with Crippen molar-refractivity contribution in [3.63, 3.8) is 0 Å². The molecule has 0 fully saturated rings. The van der Waals surface area contributed by atoms with Gasteiger partial charge in [0.2, 0.25) is 11.8 Å². The van der Waals surface area contributed by atoms with Crippen molar-refractivity contribution in [1.82, 2.24) is 15.5 Å². The average molecular weight is 479 g/mol. The molecular weight excluding hydrogens is 440 g/mol. The zero-order valence-electron chi connectivity index (χ0n) is 19.8. The van der Waals surface area contributed by atoms with Crippen LogP contribution in [0.2, 0.25) is 0 Å². The first-order chi connectivity index (χ1) is 15.7. The zero-order valence-corrected chi connectivity index (χ0v) is 20.7. The minimum absolute atomic E-state index is 0.0261. The van der Waals surface area contributed by atoms with Gasteiger partial charge in [0, 0.05) is 31.3 Å². The summed E-state index contributed by atoms with van der Waals surface area (Å²) in [5, 5.41) is 15.5. The third-order valence-corrected chi connectivity index (χ3v) is 6.53. The number of unbranched alkanes of at least 4 members (excludes halogenated alkanes) is 1. The van der Waals surface area contributed by atoms with Crippen molar-refractivity contribution in [2.24, 2.45) is 11.7 Å². The molecule has 2 rings (SSSR count). The third-order valence-electron chi connectivity index (χ3n) is 6.06. The Balaban J connectivity index is 2.30. The quantitative estimate of drug-likeness (QED) is 0.291. The lowest BCUT2D eigenvalue weighted by Gasteiger charge is -2.39. The molecule has 184 valence electrons. The summed E-state index contributed by atoms with van der Waals surface area (Å²) in [4.78, 5) is 40.2. The number of aliphatic carboxylic acids is 1. The van der Waals surface area contributed by atoms with Gasteiger partial charge in [-0.25, -0.2) is 4.79 Å². The third kappa shape index (κ3) is 7.45. The molecule has 0 bridgehead atoms. The smallest absolute Gasteiger partial charge is 0.326 e. The number of nitrogens with two attached hydrogens (primary N) is 1. The lowest BCUT2D eigenvalue weighted by molar-refractivity contribution is -0.147. The molecule has 1 aromatic rings. The predicted molar refractivity (Wildman–Crippen MR) is 132 cm³/mol. The fourth-order valence-electron chi connectivity index (χ4n) is 4.05. The SMILES string of the molecule is CCCCC(NC(=O)C1Cc2ccccc2CN1C(=O)[C@@H](NCC(N)CS)C(C)C)C(=O)O. The molecule has 1 aromatic carbocycles. The second-order valence-electron chi connectivity index (χ2n) is 9.07. The fourth-order valence-corrected chi connectivity index (χ4v) is 4.18. The highest BCUT2D eigenvalue weighted by Gasteiger charge is 2.39. The van der Waals surface area contributed by atoms with E-state index in [2.05, 4.69) is 23.3 Å². The molecule has 5 N–H and O–H groups in total. The van der Waals surface area contributed by atoms with Crippen molar-refractivity contribution in [2.75, 3.05) is 12.3 Å². The summed E-state index contributed by atoms with van der Waals surface area (Å²) in [5.74, 6) is -1.22. The summed E-state index contributed by atoms with van der Waals surface area (Å²) in [6, 6.07) is 5.26. The van der Waals surface area contributed by atoms with Crippen LogP contribution in [0, 0.1) is 5.92 Å².